The van der Waals surface area contributed by atoms with E-state index in [2.05, 4.69) is 16.9 Å². The Morgan fingerprint density at radius 2 is 1.81 bits per heavy atom. The number of amides is 2. The molecule has 21 heavy (non-hydrogen) atoms. The largest absolute Gasteiger partial charge is 0.507 e. The van der Waals surface area contributed by atoms with Crippen molar-refractivity contribution in [2.45, 2.75) is 32.1 Å². The molecule has 0 radical (unpaired) electrons. The molecule has 0 unspecified atom stereocenters. The molecule has 0 bridgehead atoms. The normalized spacial score (nSPS) is 16.5. The average Bonchev–Trinajstić information content (AvgIpc) is 2.53. The number of benzene rings is 1. The summed E-state index contributed by atoms with van der Waals surface area (Å²) < 4.78 is 0. The zero-order valence-corrected chi connectivity index (χ0v) is 11.6. The highest BCUT2D eigenvalue weighted by molar-refractivity contribution is 5.98. The molecule has 0 aromatic heterocycles. The maximum Gasteiger partial charge on any atom is 0.273 e. The second-order valence-corrected chi connectivity index (χ2v) is 5.18. The number of para-hydroxylation sites is 1. The van der Waals surface area contributed by atoms with Gasteiger partial charge in [-0.05, 0) is 25.0 Å². The lowest BCUT2D eigenvalue weighted by molar-refractivity contribution is -0.130. The third-order valence-electron chi connectivity index (χ3n) is 3.79. The van der Waals surface area contributed by atoms with E-state index in [4.69, 9.17) is 0 Å². The van der Waals surface area contributed by atoms with Crippen LogP contribution in [-0.2, 0) is 4.79 Å². The number of aromatic hydroxyl groups is 1. The smallest absolute Gasteiger partial charge is 0.273 e. The number of phenols is 1. The third-order valence-corrected chi connectivity index (χ3v) is 3.79. The predicted octanol–water partition coefficient (Wildman–Crippen LogP) is 1.63. The molecule has 0 heterocycles. The molecular weight excluding hydrogens is 270 g/mol. The van der Waals surface area contributed by atoms with Crippen molar-refractivity contribution in [1.29, 1.82) is 5.26 Å². The van der Waals surface area contributed by atoms with Crippen LogP contribution in [0, 0.1) is 16.7 Å². The second-order valence-electron chi connectivity index (χ2n) is 5.18. The Hall–Kier alpha value is -2.55. The van der Waals surface area contributed by atoms with E-state index >= 15 is 0 Å². The van der Waals surface area contributed by atoms with Crippen molar-refractivity contribution in [3.8, 4) is 11.8 Å². The van der Waals surface area contributed by atoms with Crippen LogP contribution in [0.5, 0.6) is 5.75 Å². The molecule has 3 N–H and O–H groups in total. The minimum Gasteiger partial charge on any atom is -0.507 e. The molecule has 1 aliphatic rings. The summed E-state index contributed by atoms with van der Waals surface area (Å²) in [7, 11) is 0. The topological polar surface area (TPSA) is 102 Å². The van der Waals surface area contributed by atoms with Crippen LogP contribution in [-0.4, -0.2) is 16.9 Å². The van der Waals surface area contributed by atoms with Gasteiger partial charge in [0.1, 0.15) is 11.2 Å². The quantitative estimate of drug-likeness (QED) is 0.719. The summed E-state index contributed by atoms with van der Waals surface area (Å²) in [6, 6.07) is 8.11. The zero-order chi connectivity index (χ0) is 15.3. The molecule has 0 aliphatic heterocycles. The number of rotatable bonds is 2. The van der Waals surface area contributed by atoms with Crippen LogP contribution in [0.15, 0.2) is 24.3 Å². The number of nitrogens with zero attached hydrogens (tertiary/aromatic N) is 1. The monoisotopic (exact) mass is 287 g/mol. The average molecular weight is 287 g/mol. The lowest BCUT2D eigenvalue weighted by Gasteiger charge is -2.29. The van der Waals surface area contributed by atoms with Gasteiger partial charge < -0.3 is 5.11 Å². The highest BCUT2D eigenvalue weighted by atomic mass is 16.3. The number of hydrogen-bond donors (Lipinski definition) is 3. The van der Waals surface area contributed by atoms with E-state index in [9.17, 15) is 20.0 Å². The Morgan fingerprint density at radius 3 is 2.43 bits per heavy atom. The highest BCUT2D eigenvalue weighted by Gasteiger charge is 2.40. The maximum absolute atomic E-state index is 12.2. The molecule has 2 amide bonds. The third kappa shape index (κ3) is 3.14. The Labute approximate surface area is 122 Å². The molecule has 0 spiro atoms. The van der Waals surface area contributed by atoms with Gasteiger partial charge in [0, 0.05) is 0 Å². The van der Waals surface area contributed by atoms with Crippen LogP contribution in [0.25, 0.3) is 0 Å². The molecular formula is C15H17N3O3. The van der Waals surface area contributed by atoms with E-state index in [0.717, 1.165) is 19.3 Å². The number of hydrogen-bond acceptors (Lipinski definition) is 4. The molecule has 1 aliphatic carbocycles. The van der Waals surface area contributed by atoms with Crippen molar-refractivity contribution in [2.75, 3.05) is 0 Å². The molecule has 6 nitrogen and oxygen atoms in total. The van der Waals surface area contributed by atoms with Gasteiger partial charge in [-0.15, -0.1) is 0 Å². The summed E-state index contributed by atoms with van der Waals surface area (Å²) in [4.78, 5) is 24.0. The number of phenolic OH excluding ortho intramolecular Hbond substituents is 1. The van der Waals surface area contributed by atoms with Gasteiger partial charge in [-0.2, -0.15) is 5.26 Å². The summed E-state index contributed by atoms with van der Waals surface area (Å²) in [6.07, 6.45) is 3.67. The first kappa shape index (κ1) is 14.9. The number of carbonyl (C=O) groups is 2. The zero-order valence-electron chi connectivity index (χ0n) is 11.6. The van der Waals surface area contributed by atoms with Crippen molar-refractivity contribution in [1.82, 2.24) is 10.9 Å². The van der Waals surface area contributed by atoms with Crippen molar-refractivity contribution in [3.05, 3.63) is 29.8 Å². The molecule has 110 valence electrons. The van der Waals surface area contributed by atoms with Gasteiger partial charge >= 0.3 is 0 Å². The first-order valence-corrected chi connectivity index (χ1v) is 6.89. The van der Waals surface area contributed by atoms with E-state index in [-0.39, 0.29) is 11.3 Å². The fraction of sp³-hybridized carbons (Fsp3) is 0.400. The van der Waals surface area contributed by atoms with Crippen LogP contribution in [0.2, 0.25) is 0 Å². The van der Waals surface area contributed by atoms with Gasteiger partial charge in [-0.3, -0.25) is 20.4 Å². The number of nitriles is 1. The first-order chi connectivity index (χ1) is 10.1. The van der Waals surface area contributed by atoms with Gasteiger partial charge in [0.15, 0.2) is 0 Å². The molecule has 6 heteroatoms. The summed E-state index contributed by atoms with van der Waals surface area (Å²) >= 11 is 0. The van der Waals surface area contributed by atoms with E-state index in [1.807, 2.05) is 0 Å². The van der Waals surface area contributed by atoms with Gasteiger partial charge in [0.25, 0.3) is 11.8 Å². The van der Waals surface area contributed by atoms with Crippen molar-refractivity contribution < 1.29 is 14.7 Å². The van der Waals surface area contributed by atoms with Crippen LogP contribution in [0.1, 0.15) is 42.5 Å². The fourth-order valence-corrected chi connectivity index (χ4v) is 2.51. The molecule has 2 rings (SSSR count). The lowest BCUT2D eigenvalue weighted by atomic mass is 9.75. The SMILES string of the molecule is N#CC1(C(=O)NNC(=O)c2ccccc2O)CCCCC1. The summed E-state index contributed by atoms with van der Waals surface area (Å²) in [5.74, 6) is -1.28. The van der Waals surface area contributed by atoms with Gasteiger partial charge in [-0.25, -0.2) is 0 Å². The Balaban J connectivity index is 1.99. The van der Waals surface area contributed by atoms with Crippen molar-refractivity contribution in [3.63, 3.8) is 0 Å². The summed E-state index contributed by atoms with van der Waals surface area (Å²) in [5, 5.41) is 18.8. The highest BCUT2D eigenvalue weighted by Crippen LogP contribution is 2.35. The Kier molecular flexibility index (Phi) is 4.43. The van der Waals surface area contributed by atoms with E-state index in [1.54, 1.807) is 12.1 Å². The van der Waals surface area contributed by atoms with E-state index in [0.29, 0.717) is 12.8 Å². The van der Waals surface area contributed by atoms with Crippen LogP contribution in [0.4, 0.5) is 0 Å². The minimum atomic E-state index is -1.07. The Morgan fingerprint density at radius 1 is 1.14 bits per heavy atom. The predicted molar refractivity (Wildman–Crippen MR) is 74.8 cm³/mol. The molecule has 1 aromatic rings. The molecule has 0 atom stereocenters. The second kappa shape index (κ2) is 6.27. The minimum absolute atomic E-state index is 0.0625. The lowest BCUT2D eigenvalue weighted by Crippen LogP contribution is -2.49. The molecule has 1 fully saturated rings. The van der Waals surface area contributed by atoms with Gasteiger partial charge in [-0.1, -0.05) is 31.4 Å². The number of hydrazine groups is 1. The first-order valence-electron chi connectivity index (χ1n) is 6.89. The van der Waals surface area contributed by atoms with E-state index < -0.39 is 17.2 Å². The fourth-order valence-electron chi connectivity index (χ4n) is 2.51. The van der Waals surface area contributed by atoms with Crippen LogP contribution >= 0.6 is 0 Å². The van der Waals surface area contributed by atoms with E-state index in [1.165, 1.54) is 12.1 Å². The maximum atomic E-state index is 12.2. The molecule has 1 aromatic carbocycles. The van der Waals surface area contributed by atoms with Crippen molar-refractivity contribution in [2.24, 2.45) is 5.41 Å². The van der Waals surface area contributed by atoms with Gasteiger partial charge in [0.2, 0.25) is 0 Å². The van der Waals surface area contributed by atoms with Gasteiger partial charge in [0.05, 0.1) is 11.6 Å². The molecule has 1 saturated carbocycles. The van der Waals surface area contributed by atoms with Crippen LogP contribution in [0.3, 0.4) is 0 Å². The number of carbonyl (C=O) groups excluding carboxylic acids is 2. The molecule has 0 saturated heterocycles. The van der Waals surface area contributed by atoms with Crippen molar-refractivity contribution >= 4 is 11.8 Å². The summed E-state index contributed by atoms with van der Waals surface area (Å²) in [6.45, 7) is 0. The van der Waals surface area contributed by atoms with Crippen LogP contribution < -0.4 is 10.9 Å². The Bertz CT molecular complexity index is 586. The summed E-state index contributed by atoms with van der Waals surface area (Å²) in [5.41, 5.74) is 3.54. The standard InChI is InChI=1S/C15H17N3O3/c16-10-15(8-4-1-5-9-15)14(21)18-17-13(20)11-6-2-3-7-12(11)19/h2-3,6-7,19H,1,4-5,8-9H2,(H,17,20)(H,18,21). The number of nitrogens with one attached hydrogen (secondary N) is 2.